The molecule has 7 heteroatoms. The zero-order valence-electron chi connectivity index (χ0n) is 9.39. The minimum atomic E-state index is -0.488. The van der Waals surface area contributed by atoms with Gasteiger partial charge in [0.15, 0.2) is 0 Å². The van der Waals surface area contributed by atoms with Crippen LogP contribution in [0.15, 0.2) is 23.4 Å². The van der Waals surface area contributed by atoms with Crippen molar-refractivity contribution in [1.82, 2.24) is 15.7 Å². The quantitative estimate of drug-likeness (QED) is 0.474. The van der Waals surface area contributed by atoms with Crippen molar-refractivity contribution in [2.75, 3.05) is 0 Å². The molecule has 0 saturated carbocycles. The van der Waals surface area contributed by atoms with Gasteiger partial charge in [0.25, 0.3) is 5.91 Å². The van der Waals surface area contributed by atoms with Gasteiger partial charge in [0.05, 0.1) is 6.21 Å². The van der Waals surface area contributed by atoms with Gasteiger partial charge < -0.3 is 5.32 Å². The SMILES string of the molecule is O=C1CC[C@@H](C(=O)N/N=C/c2ccc(Cl)nc2)N1. The summed E-state index contributed by atoms with van der Waals surface area (Å²) in [6, 6.07) is 2.86. The number of rotatable bonds is 3. The van der Waals surface area contributed by atoms with Gasteiger partial charge in [-0.25, -0.2) is 10.4 Å². The molecule has 1 aliphatic heterocycles. The highest BCUT2D eigenvalue weighted by Crippen LogP contribution is 2.06. The number of carbonyl (C=O) groups excluding carboxylic acids is 2. The Hall–Kier alpha value is -1.95. The van der Waals surface area contributed by atoms with Gasteiger partial charge in [-0.3, -0.25) is 9.59 Å². The van der Waals surface area contributed by atoms with Gasteiger partial charge >= 0.3 is 0 Å². The van der Waals surface area contributed by atoms with E-state index in [4.69, 9.17) is 11.6 Å². The molecule has 1 fully saturated rings. The second-order valence-corrected chi connectivity index (χ2v) is 4.19. The molecular weight excluding hydrogens is 256 g/mol. The highest BCUT2D eigenvalue weighted by molar-refractivity contribution is 6.29. The van der Waals surface area contributed by atoms with Crippen molar-refractivity contribution in [3.05, 3.63) is 29.0 Å². The number of carbonyl (C=O) groups is 2. The van der Waals surface area contributed by atoms with Crippen LogP contribution in [0.1, 0.15) is 18.4 Å². The van der Waals surface area contributed by atoms with Gasteiger partial charge in [-0.1, -0.05) is 11.6 Å². The van der Waals surface area contributed by atoms with Crippen LogP contribution in [-0.2, 0) is 9.59 Å². The van der Waals surface area contributed by atoms with Crippen molar-refractivity contribution in [3.63, 3.8) is 0 Å². The van der Waals surface area contributed by atoms with Crippen LogP contribution in [0.25, 0.3) is 0 Å². The van der Waals surface area contributed by atoms with E-state index in [0.717, 1.165) is 5.56 Å². The lowest BCUT2D eigenvalue weighted by Crippen LogP contribution is -2.39. The zero-order chi connectivity index (χ0) is 13.0. The van der Waals surface area contributed by atoms with E-state index in [1.165, 1.54) is 12.4 Å². The summed E-state index contributed by atoms with van der Waals surface area (Å²) in [5, 5.41) is 6.73. The van der Waals surface area contributed by atoms with Crippen LogP contribution in [0.3, 0.4) is 0 Å². The topological polar surface area (TPSA) is 83.5 Å². The van der Waals surface area contributed by atoms with Gasteiger partial charge in [-0.15, -0.1) is 0 Å². The first kappa shape index (κ1) is 12.5. The molecule has 94 valence electrons. The molecule has 0 spiro atoms. The first-order chi connectivity index (χ1) is 8.65. The zero-order valence-corrected chi connectivity index (χ0v) is 10.1. The van der Waals surface area contributed by atoms with Gasteiger partial charge in [-0.2, -0.15) is 5.10 Å². The maximum Gasteiger partial charge on any atom is 0.262 e. The van der Waals surface area contributed by atoms with Crippen LogP contribution >= 0.6 is 11.6 Å². The van der Waals surface area contributed by atoms with Crippen molar-refractivity contribution in [2.45, 2.75) is 18.9 Å². The molecule has 1 saturated heterocycles. The lowest BCUT2D eigenvalue weighted by molar-refractivity contribution is -0.125. The molecule has 18 heavy (non-hydrogen) atoms. The van der Waals surface area contributed by atoms with Crippen molar-refractivity contribution in [1.29, 1.82) is 0 Å². The normalized spacial score (nSPS) is 18.9. The van der Waals surface area contributed by atoms with Crippen molar-refractivity contribution in [2.24, 2.45) is 5.10 Å². The van der Waals surface area contributed by atoms with Crippen LogP contribution < -0.4 is 10.7 Å². The molecule has 0 unspecified atom stereocenters. The molecule has 2 rings (SSSR count). The summed E-state index contributed by atoms with van der Waals surface area (Å²) in [5.41, 5.74) is 3.08. The van der Waals surface area contributed by atoms with E-state index in [1.807, 2.05) is 0 Å². The summed E-state index contributed by atoms with van der Waals surface area (Å²) in [6.45, 7) is 0. The van der Waals surface area contributed by atoms with Gasteiger partial charge in [0, 0.05) is 18.2 Å². The summed E-state index contributed by atoms with van der Waals surface area (Å²) >= 11 is 5.63. The molecule has 1 aromatic heterocycles. The number of aromatic nitrogens is 1. The molecule has 1 aliphatic rings. The molecule has 2 N–H and O–H groups in total. The van der Waals surface area contributed by atoms with E-state index in [0.29, 0.717) is 18.0 Å². The maximum absolute atomic E-state index is 11.6. The number of pyridine rings is 1. The summed E-state index contributed by atoms with van der Waals surface area (Å²) in [7, 11) is 0. The lowest BCUT2D eigenvalue weighted by Gasteiger charge is -2.06. The van der Waals surface area contributed by atoms with E-state index in [-0.39, 0.29) is 11.8 Å². The summed E-state index contributed by atoms with van der Waals surface area (Å²) < 4.78 is 0. The smallest absolute Gasteiger partial charge is 0.262 e. The number of amides is 2. The van der Waals surface area contributed by atoms with Crippen LogP contribution in [-0.4, -0.2) is 29.1 Å². The van der Waals surface area contributed by atoms with Crippen LogP contribution in [0.4, 0.5) is 0 Å². The minimum Gasteiger partial charge on any atom is -0.344 e. The lowest BCUT2D eigenvalue weighted by atomic mass is 10.2. The van der Waals surface area contributed by atoms with Crippen LogP contribution in [0.2, 0.25) is 5.15 Å². The number of hydrazone groups is 1. The van der Waals surface area contributed by atoms with Crippen LogP contribution in [0.5, 0.6) is 0 Å². The molecule has 2 amide bonds. The number of nitrogens with zero attached hydrogens (tertiary/aromatic N) is 2. The largest absolute Gasteiger partial charge is 0.344 e. The Morgan fingerprint density at radius 3 is 3.06 bits per heavy atom. The molecule has 0 aromatic carbocycles. The highest BCUT2D eigenvalue weighted by atomic mass is 35.5. The Balaban J connectivity index is 1.85. The van der Waals surface area contributed by atoms with E-state index in [2.05, 4.69) is 20.8 Å². The Morgan fingerprint density at radius 1 is 1.61 bits per heavy atom. The first-order valence-corrected chi connectivity index (χ1v) is 5.77. The fourth-order valence-corrected chi connectivity index (χ4v) is 1.63. The van der Waals surface area contributed by atoms with Crippen LogP contribution in [0, 0.1) is 0 Å². The monoisotopic (exact) mass is 266 g/mol. The second-order valence-electron chi connectivity index (χ2n) is 3.81. The number of halogens is 1. The van der Waals surface area contributed by atoms with Crippen molar-refractivity contribution >= 4 is 29.6 Å². The number of hydrogen-bond donors (Lipinski definition) is 2. The van der Waals surface area contributed by atoms with Crippen molar-refractivity contribution in [3.8, 4) is 0 Å². The van der Waals surface area contributed by atoms with Crippen molar-refractivity contribution < 1.29 is 9.59 Å². The number of hydrogen-bond acceptors (Lipinski definition) is 4. The maximum atomic E-state index is 11.6. The Morgan fingerprint density at radius 2 is 2.44 bits per heavy atom. The highest BCUT2D eigenvalue weighted by Gasteiger charge is 2.26. The Kier molecular flexibility index (Phi) is 3.88. The molecule has 1 aromatic rings. The average Bonchev–Trinajstić information content (AvgIpc) is 2.78. The summed E-state index contributed by atoms with van der Waals surface area (Å²) in [5.74, 6) is -0.431. The predicted octanol–water partition coefficient (Wildman–Crippen LogP) is 0.464. The third kappa shape index (κ3) is 3.27. The fourth-order valence-electron chi connectivity index (χ4n) is 1.52. The molecule has 6 nitrogen and oxygen atoms in total. The minimum absolute atomic E-state index is 0.110. The fraction of sp³-hybridized carbons (Fsp3) is 0.273. The summed E-state index contributed by atoms with van der Waals surface area (Å²) in [6.07, 6.45) is 3.87. The Bertz CT molecular complexity index is 486. The molecule has 0 aliphatic carbocycles. The van der Waals surface area contributed by atoms with Gasteiger partial charge in [0.2, 0.25) is 5.91 Å². The average molecular weight is 267 g/mol. The third-order valence-corrected chi connectivity index (χ3v) is 2.67. The standard InChI is InChI=1S/C11H11ClN4O2/c12-9-3-1-7(5-13-9)6-14-16-11(18)8-2-4-10(17)15-8/h1,3,5-6,8H,2,4H2,(H,15,17)(H,16,18)/b14-6+/t8-/m0/s1. The van der Waals surface area contributed by atoms with Gasteiger partial charge in [0.1, 0.15) is 11.2 Å². The molecule has 0 bridgehead atoms. The third-order valence-electron chi connectivity index (χ3n) is 2.45. The summed E-state index contributed by atoms with van der Waals surface area (Å²) in [4.78, 5) is 26.4. The van der Waals surface area contributed by atoms with E-state index >= 15 is 0 Å². The Labute approximate surface area is 108 Å². The van der Waals surface area contributed by atoms with E-state index < -0.39 is 6.04 Å². The predicted molar refractivity (Wildman–Crippen MR) is 66.1 cm³/mol. The number of nitrogens with one attached hydrogen (secondary N) is 2. The van der Waals surface area contributed by atoms with Gasteiger partial charge in [-0.05, 0) is 18.6 Å². The molecule has 1 atom stereocenters. The second kappa shape index (κ2) is 5.59. The van der Waals surface area contributed by atoms with E-state index in [1.54, 1.807) is 12.1 Å². The van der Waals surface area contributed by atoms with E-state index in [9.17, 15) is 9.59 Å². The first-order valence-electron chi connectivity index (χ1n) is 5.39. The molecule has 0 radical (unpaired) electrons. The molecular formula is C11H11ClN4O2. The molecule has 2 heterocycles.